The quantitative estimate of drug-likeness (QED) is 0.578. The van der Waals surface area contributed by atoms with Gasteiger partial charge in [-0.05, 0) is 56.7 Å². The maximum Gasteiger partial charge on any atom is 0.406 e. The fourth-order valence-electron chi connectivity index (χ4n) is 3.56. The highest BCUT2D eigenvalue weighted by molar-refractivity contribution is 5.93. The lowest BCUT2D eigenvalue weighted by Crippen LogP contribution is -2.25. The fourth-order valence-corrected chi connectivity index (χ4v) is 3.56. The second kappa shape index (κ2) is 10.6. The van der Waals surface area contributed by atoms with Gasteiger partial charge in [-0.2, -0.15) is 13.2 Å². The van der Waals surface area contributed by atoms with Crippen molar-refractivity contribution in [3.05, 3.63) is 30.0 Å². The van der Waals surface area contributed by atoms with Crippen molar-refractivity contribution in [1.82, 2.24) is 4.57 Å². The second-order valence-electron chi connectivity index (χ2n) is 6.83. The average Bonchev–Trinajstić information content (AvgIpc) is 2.96. The number of fused-ring (bicyclic) bond motifs is 1. The van der Waals surface area contributed by atoms with Crippen molar-refractivity contribution in [2.24, 2.45) is 5.92 Å². The van der Waals surface area contributed by atoms with Gasteiger partial charge in [0.05, 0.1) is 5.52 Å². The number of anilines is 1. The van der Waals surface area contributed by atoms with E-state index in [4.69, 9.17) is 0 Å². The molecule has 0 radical (unpaired) electrons. The predicted octanol–water partition coefficient (Wildman–Crippen LogP) is 7.56. The minimum absolute atomic E-state index is 0.420. The summed E-state index contributed by atoms with van der Waals surface area (Å²) >= 11 is 0. The van der Waals surface area contributed by atoms with E-state index in [-0.39, 0.29) is 0 Å². The Labute approximate surface area is 162 Å². The molecule has 2 nitrogen and oxygen atoms in total. The van der Waals surface area contributed by atoms with Crippen molar-refractivity contribution in [1.29, 1.82) is 0 Å². The van der Waals surface area contributed by atoms with Crippen LogP contribution in [0.2, 0.25) is 0 Å². The van der Waals surface area contributed by atoms with E-state index in [9.17, 15) is 13.2 Å². The fraction of sp³-hybridized carbons (Fsp3) is 0.636. The summed E-state index contributed by atoms with van der Waals surface area (Å²) < 4.78 is 39.8. The largest absolute Gasteiger partial charge is 0.406 e. The lowest BCUT2D eigenvalue weighted by molar-refractivity contribution is -0.140. The summed E-state index contributed by atoms with van der Waals surface area (Å²) in [6, 6.07) is 7.85. The smallest absolute Gasteiger partial charge is 0.382 e. The van der Waals surface area contributed by atoms with Crippen molar-refractivity contribution < 1.29 is 13.2 Å². The van der Waals surface area contributed by atoms with Gasteiger partial charge in [0.25, 0.3) is 0 Å². The molecule has 0 amide bonds. The highest BCUT2D eigenvalue weighted by Gasteiger charge is 2.29. The van der Waals surface area contributed by atoms with E-state index in [1.165, 1.54) is 17.4 Å². The molecule has 1 heterocycles. The third-order valence-electron chi connectivity index (χ3n) is 4.87. The van der Waals surface area contributed by atoms with Crippen LogP contribution in [-0.2, 0) is 6.54 Å². The molecule has 0 atom stereocenters. The topological polar surface area (TPSA) is 17.0 Å². The van der Waals surface area contributed by atoms with Crippen LogP contribution in [-0.4, -0.2) is 16.8 Å². The van der Waals surface area contributed by atoms with Gasteiger partial charge >= 0.3 is 6.18 Å². The number of rotatable bonds is 3. The zero-order valence-corrected chi connectivity index (χ0v) is 17.6. The number of hydrogen-bond acceptors (Lipinski definition) is 1. The van der Waals surface area contributed by atoms with Gasteiger partial charge in [0.1, 0.15) is 6.54 Å². The van der Waals surface area contributed by atoms with Crippen molar-refractivity contribution in [3.8, 4) is 0 Å². The monoisotopic (exact) mass is 384 g/mol. The summed E-state index contributed by atoms with van der Waals surface area (Å²) in [5.41, 5.74) is 2.24. The molecular weight excluding hydrogens is 349 g/mol. The number of nitrogens with one attached hydrogen (secondary N) is 1. The summed E-state index contributed by atoms with van der Waals surface area (Å²) in [7, 11) is 0. The van der Waals surface area contributed by atoms with Crippen LogP contribution in [0.3, 0.4) is 0 Å². The van der Waals surface area contributed by atoms with Gasteiger partial charge in [0.2, 0.25) is 0 Å². The molecule has 0 saturated heterocycles. The molecule has 1 saturated carbocycles. The van der Waals surface area contributed by atoms with Crippen LogP contribution in [0.15, 0.2) is 24.3 Å². The van der Waals surface area contributed by atoms with Crippen LogP contribution >= 0.6 is 0 Å². The van der Waals surface area contributed by atoms with Gasteiger partial charge in [0, 0.05) is 22.8 Å². The van der Waals surface area contributed by atoms with Crippen LogP contribution in [0.4, 0.5) is 18.9 Å². The van der Waals surface area contributed by atoms with Crippen LogP contribution in [0.5, 0.6) is 0 Å². The lowest BCUT2D eigenvalue weighted by atomic mass is 9.87. The molecule has 1 aliphatic carbocycles. The van der Waals surface area contributed by atoms with E-state index in [1.807, 2.05) is 45.9 Å². The molecule has 0 bridgehead atoms. The van der Waals surface area contributed by atoms with Gasteiger partial charge in [0.15, 0.2) is 0 Å². The molecule has 154 valence electrons. The molecular formula is C22H35F3N2. The van der Waals surface area contributed by atoms with Gasteiger partial charge in [-0.1, -0.05) is 40.7 Å². The van der Waals surface area contributed by atoms with E-state index < -0.39 is 12.7 Å². The van der Waals surface area contributed by atoms with Crippen LogP contribution in [0.25, 0.3) is 10.9 Å². The number of alkyl halides is 3. The van der Waals surface area contributed by atoms with E-state index in [0.717, 1.165) is 29.8 Å². The molecule has 3 rings (SSSR count). The SMILES string of the molecule is CC.CC.Cc1cc2c(NC3CCC(C)CC3)cccc2n1CC(F)(F)F. The van der Waals surface area contributed by atoms with Gasteiger partial charge in [-0.15, -0.1) is 0 Å². The lowest BCUT2D eigenvalue weighted by Gasteiger charge is -2.28. The number of halogens is 3. The predicted molar refractivity (Wildman–Crippen MR) is 110 cm³/mol. The Hall–Kier alpha value is -1.65. The molecule has 1 aromatic heterocycles. The number of hydrogen-bond donors (Lipinski definition) is 1. The first-order valence-corrected chi connectivity index (χ1v) is 10.3. The summed E-state index contributed by atoms with van der Waals surface area (Å²) in [5.74, 6) is 0.777. The van der Waals surface area contributed by atoms with Crippen molar-refractivity contribution in [2.45, 2.75) is 86.0 Å². The van der Waals surface area contributed by atoms with Gasteiger partial charge in [-0.3, -0.25) is 0 Å². The van der Waals surface area contributed by atoms with Crippen molar-refractivity contribution in [3.63, 3.8) is 0 Å². The number of nitrogens with zero attached hydrogens (tertiary/aromatic N) is 1. The Morgan fingerprint density at radius 2 is 1.63 bits per heavy atom. The first kappa shape index (κ1) is 23.4. The first-order chi connectivity index (χ1) is 12.8. The molecule has 5 heteroatoms. The molecule has 1 aliphatic rings. The molecule has 27 heavy (non-hydrogen) atoms. The maximum atomic E-state index is 12.8. The Morgan fingerprint density at radius 3 is 2.19 bits per heavy atom. The Kier molecular flexibility index (Phi) is 9.20. The van der Waals surface area contributed by atoms with E-state index in [0.29, 0.717) is 17.3 Å². The minimum atomic E-state index is -4.21. The average molecular weight is 385 g/mol. The van der Waals surface area contributed by atoms with Crippen LogP contribution < -0.4 is 5.32 Å². The summed E-state index contributed by atoms with van der Waals surface area (Å²) in [6.07, 6.45) is 0.461. The number of aryl methyl sites for hydroxylation is 1. The molecule has 0 aliphatic heterocycles. The van der Waals surface area contributed by atoms with E-state index in [1.54, 1.807) is 13.0 Å². The molecule has 0 unspecified atom stereocenters. The Morgan fingerprint density at radius 1 is 1.04 bits per heavy atom. The molecule has 2 aromatic rings. The van der Waals surface area contributed by atoms with Crippen molar-refractivity contribution in [2.75, 3.05) is 5.32 Å². The molecule has 0 spiro atoms. The van der Waals surface area contributed by atoms with Gasteiger partial charge in [-0.25, -0.2) is 0 Å². The zero-order valence-electron chi connectivity index (χ0n) is 17.6. The van der Waals surface area contributed by atoms with Gasteiger partial charge < -0.3 is 9.88 Å². The summed E-state index contributed by atoms with van der Waals surface area (Å²) in [5, 5.41) is 4.44. The minimum Gasteiger partial charge on any atom is -0.382 e. The molecule has 1 fully saturated rings. The van der Waals surface area contributed by atoms with E-state index >= 15 is 0 Å². The first-order valence-electron chi connectivity index (χ1n) is 10.3. The third kappa shape index (κ3) is 6.47. The number of aromatic nitrogens is 1. The zero-order chi connectivity index (χ0) is 20.6. The highest BCUT2D eigenvalue weighted by atomic mass is 19.4. The summed E-state index contributed by atoms with van der Waals surface area (Å²) in [6.45, 7) is 11.1. The standard InChI is InChI=1S/C18H23F3N2.2C2H6/c1-12-6-8-14(9-7-12)22-16-4-3-5-17-15(16)10-13(2)23(17)11-18(19,20)21;2*1-2/h3-5,10,12,14,22H,6-9,11H2,1-2H3;2*1-2H3. The molecule has 1 aromatic carbocycles. The number of benzene rings is 1. The molecule has 1 N–H and O–H groups in total. The Balaban J connectivity index is 0.000000855. The maximum absolute atomic E-state index is 12.8. The second-order valence-corrected chi connectivity index (χ2v) is 6.83. The normalized spacial score (nSPS) is 19.6. The summed E-state index contributed by atoms with van der Waals surface area (Å²) in [4.78, 5) is 0. The van der Waals surface area contributed by atoms with Crippen LogP contribution in [0, 0.1) is 12.8 Å². The van der Waals surface area contributed by atoms with E-state index in [2.05, 4.69) is 12.2 Å². The van der Waals surface area contributed by atoms with Crippen LogP contribution in [0.1, 0.15) is 66.0 Å². The Bertz CT molecular complexity index is 681. The van der Waals surface area contributed by atoms with Crippen molar-refractivity contribution >= 4 is 16.6 Å². The highest BCUT2D eigenvalue weighted by Crippen LogP contribution is 2.32. The third-order valence-corrected chi connectivity index (χ3v) is 4.87.